The van der Waals surface area contributed by atoms with E-state index in [4.69, 9.17) is 11.6 Å². The Kier molecular flexibility index (Phi) is 4.05. The molecular weight excluding hydrogens is 367 g/mol. The van der Waals surface area contributed by atoms with Crippen LogP contribution in [0.2, 0.25) is 5.02 Å². The number of aromatic nitrogens is 1. The molecule has 0 saturated carbocycles. The van der Waals surface area contributed by atoms with Crippen molar-refractivity contribution in [2.75, 3.05) is 37.0 Å². The maximum atomic E-state index is 14.6. The molecule has 0 radical (unpaired) electrons. The molecule has 2 atom stereocenters. The van der Waals surface area contributed by atoms with E-state index in [1.807, 2.05) is 11.9 Å². The van der Waals surface area contributed by atoms with Gasteiger partial charge in [-0.05, 0) is 27.0 Å². The number of halogens is 2. The van der Waals surface area contributed by atoms with Crippen molar-refractivity contribution in [2.45, 2.75) is 25.9 Å². The Hall–Kier alpha value is -2.05. The fourth-order valence-electron chi connectivity index (χ4n) is 4.30. The fraction of sp³-hybridized carbons (Fsp3) is 0.450. The van der Waals surface area contributed by atoms with Crippen LogP contribution in [0.15, 0.2) is 23.1 Å². The predicted molar refractivity (Wildman–Crippen MR) is 110 cm³/mol. The first-order valence-electron chi connectivity index (χ1n) is 9.05. The molecule has 144 valence electrons. The third kappa shape index (κ3) is 2.36. The van der Waals surface area contributed by atoms with Gasteiger partial charge in [0.1, 0.15) is 11.5 Å². The van der Waals surface area contributed by atoms with Crippen molar-refractivity contribution in [2.24, 2.45) is 7.05 Å². The van der Waals surface area contributed by atoms with Gasteiger partial charge in [0.2, 0.25) is 0 Å². The second-order valence-electron chi connectivity index (χ2n) is 7.76. The summed E-state index contributed by atoms with van der Waals surface area (Å²) in [6.45, 7) is 9.56. The first-order valence-corrected chi connectivity index (χ1v) is 9.43. The molecule has 3 heterocycles. The van der Waals surface area contributed by atoms with Gasteiger partial charge in [0.15, 0.2) is 0 Å². The molecule has 0 amide bonds. The highest BCUT2D eigenvalue weighted by molar-refractivity contribution is 6.36. The minimum absolute atomic E-state index is 0.0298. The minimum atomic E-state index is -0.362. The standard InChI is InChI=1S/C20H24ClFN4O/c1-10-8-26-15(9-23(10)4)12(3)24(5)19-18(26)13-7-14(22)11(2)16(21)17(13)25(6)20(19)27/h7,10,15H,3,8-9H2,1-2,4-6H3. The zero-order valence-corrected chi connectivity index (χ0v) is 17.1. The van der Waals surface area contributed by atoms with Crippen molar-refractivity contribution in [3.8, 4) is 0 Å². The molecule has 4 rings (SSSR count). The first-order chi connectivity index (χ1) is 12.6. The van der Waals surface area contributed by atoms with E-state index in [2.05, 4.69) is 30.4 Å². The van der Waals surface area contributed by atoms with Gasteiger partial charge in [-0.15, -0.1) is 0 Å². The lowest BCUT2D eigenvalue weighted by Gasteiger charge is -2.51. The number of anilines is 2. The summed E-state index contributed by atoms with van der Waals surface area (Å²) in [6, 6.07) is 1.84. The monoisotopic (exact) mass is 390 g/mol. The number of piperazine rings is 1. The summed E-state index contributed by atoms with van der Waals surface area (Å²) in [6.07, 6.45) is 0. The third-order valence-corrected chi connectivity index (χ3v) is 6.69. The lowest BCUT2D eigenvalue weighted by atomic mass is 9.97. The number of aryl methyl sites for hydroxylation is 1. The van der Waals surface area contributed by atoms with E-state index < -0.39 is 0 Å². The number of hydrogen-bond acceptors (Lipinski definition) is 4. The molecular formula is C20H24ClFN4O. The molecule has 2 unspecified atom stereocenters. The normalized spacial score (nSPS) is 23.0. The summed E-state index contributed by atoms with van der Waals surface area (Å²) in [4.78, 5) is 19.6. The van der Waals surface area contributed by atoms with E-state index >= 15 is 0 Å². The molecule has 0 bridgehead atoms. The summed E-state index contributed by atoms with van der Waals surface area (Å²) >= 11 is 6.49. The van der Waals surface area contributed by atoms with Gasteiger partial charge >= 0.3 is 0 Å². The Balaban J connectivity index is 2.14. The third-order valence-electron chi connectivity index (χ3n) is 6.23. The van der Waals surface area contributed by atoms with E-state index in [0.29, 0.717) is 28.2 Å². The maximum Gasteiger partial charge on any atom is 0.276 e. The maximum absolute atomic E-state index is 14.6. The van der Waals surface area contributed by atoms with Gasteiger partial charge in [-0.1, -0.05) is 18.2 Å². The van der Waals surface area contributed by atoms with Crippen LogP contribution in [0.1, 0.15) is 12.5 Å². The van der Waals surface area contributed by atoms with Gasteiger partial charge in [-0.25, -0.2) is 4.39 Å². The Bertz CT molecular complexity index is 1050. The molecule has 7 heteroatoms. The summed E-state index contributed by atoms with van der Waals surface area (Å²) in [5, 5.41) is 0.958. The molecule has 1 aromatic carbocycles. The molecule has 27 heavy (non-hydrogen) atoms. The number of pyridine rings is 1. The molecule has 2 aromatic rings. The van der Waals surface area contributed by atoms with Crippen LogP contribution >= 0.6 is 11.6 Å². The summed E-state index contributed by atoms with van der Waals surface area (Å²) in [7, 11) is 5.63. The Morgan fingerprint density at radius 2 is 1.89 bits per heavy atom. The SMILES string of the molecule is C=C1C2CN(C)C(C)CN2c2c(c(=O)n(C)c3c(Cl)c(C)c(F)cc23)N1C. The summed E-state index contributed by atoms with van der Waals surface area (Å²) < 4.78 is 16.1. The quantitative estimate of drug-likeness (QED) is 0.691. The molecule has 2 aliphatic rings. The first kappa shape index (κ1) is 18.3. The fourth-order valence-corrected chi connectivity index (χ4v) is 4.62. The van der Waals surface area contributed by atoms with Crippen LogP contribution < -0.4 is 15.4 Å². The molecule has 5 nitrogen and oxygen atoms in total. The van der Waals surface area contributed by atoms with E-state index in [9.17, 15) is 9.18 Å². The highest BCUT2D eigenvalue weighted by atomic mass is 35.5. The number of nitrogens with zero attached hydrogens (tertiary/aromatic N) is 4. The van der Waals surface area contributed by atoms with Crippen molar-refractivity contribution in [1.82, 2.24) is 9.47 Å². The second kappa shape index (κ2) is 5.97. The van der Waals surface area contributed by atoms with Crippen molar-refractivity contribution in [3.63, 3.8) is 0 Å². The smallest absolute Gasteiger partial charge is 0.276 e. The lowest BCUT2D eigenvalue weighted by molar-refractivity contribution is 0.208. The van der Waals surface area contributed by atoms with Gasteiger partial charge in [0, 0.05) is 49.9 Å². The van der Waals surface area contributed by atoms with E-state index in [0.717, 1.165) is 24.5 Å². The molecule has 0 aliphatic carbocycles. The zero-order valence-electron chi connectivity index (χ0n) is 16.3. The lowest BCUT2D eigenvalue weighted by Crippen LogP contribution is -2.61. The van der Waals surface area contributed by atoms with Crippen LogP contribution in [0.4, 0.5) is 15.8 Å². The number of likely N-dealkylation sites (N-methyl/N-ethyl adjacent to an activating group) is 2. The number of fused-ring (bicyclic) bond motifs is 5. The van der Waals surface area contributed by atoms with Gasteiger partial charge < -0.3 is 14.4 Å². The van der Waals surface area contributed by atoms with E-state index in [1.54, 1.807) is 14.0 Å². The number of rotatable bonds is 0. The molecule has 0 N–H and O–H groups in total. The highest BCUT2D eigenvalue weighted by Crippen LogP contribution is 2.45. The topological polar surface area (TPSA) is 31.7 Å². The largest absolute Gasteiger partial charge is 0.358 e. The van der Waals surface area contributed by atoms with Crippen molar-refractivity contribution < 1.29 is 4.39 Å². The van der Waals surface area contributed by atoms with Gasteiger partial charge in [0.25, 0.3) is 5.56 Å². The van der Waals surface area contributed by atoms with Crippen LogP contribution in [0.5, 0.6) is 0 Å². The zero-order chi connectivity index (χ0) is 19.8. The predicted octanol–water partition coefficient (Wildman–Crippen LogP) is 3.11. The molecule has 1 saturated heterocycles. The van der Waals surface area contributed by atoms with Crippen molar-refractivity contribution >= 4 is 33.9 Å². The van der Waals surface area contributed by atoms with Crippen LogP contribution in [0, 0.1) is 12.7 Å². The van der Waals surface area contributed by atoms with Crippen LogP contribution in [-0.2, 0) is 7.05 Å². The number of benzene rings is 1. The average Bonchev–Trinajstić information content (AvgIpc) is 2.62. The summed E-state index contributed by atoms with van der Waals surface area (Å²) in [5.74, 6) is -0.362. The molecule has 0 spiro atoms. The van der Waals surface area contributed by atoms with E-state index in [-0.39, 0.29) is 22.4 Å². The van der Waals surface area contributed by atoms with Gasteiger partial charge in [-0.3, -0.25) is 9.69 Å². The Morgan fingerprint density at radius 1 is 1.22 bits per heavy atom. The van der Waals surface area contributed by atoms with Gasteiger partial charge in [-0.2, -0.15) is 0 Å². The average molecular weight is 391 g/mol. The molecule has 2 aliphatic heterocycles. The highest BCUT2D eigenvalue weighted by Gasteiger charge is 2.41. The Labute approximate surface area is 163 Å². The molecule has 1 aromatic heterocycles. The minimum Gasteiger partial charge on any atom is -0.358 e. The molecule has 1 fully saturated rings. The van der Waals surface area contributed by atoms with E-state index in [1.165, 1.54) is 10.6 Å². The van der Waals surface area contributed by atoms with Gasteiger partial charge in [0.05, 0.1) is 22.3 Å². The van der Waals surface area contributed by atoms with Crippen LogP contribution in [0.25, 0.3) is 10.9 Å². The van der Waals surface area contributed by atoms with Crippen molar-refractivity contribution in [1.29, 1.82) is 0 Å². The van der Waals surface area contributed by atoms with Crippen LogP contribution in [-0.4, -0.2) is 48.7 Å². The Morgan fingerprint density at radius 3 is 2.56 bits per heavy atom. The summed E-state index contributed by atoms with van der Waals surface area (Å²) in [5.41, 5.74) is 2.94. The second-order valence-corrected chi connectivity index (χ2v) is 8.14. The van der Waals surface area contributed by atoms with Crippen molar-refractivity contribution in [3.05, 3.63) is 45.1 Å². The van der Waals surface area contributed by atoms with Crippen LogP contribution in [0.3, 0.4) is 0 Å². The number of hydrogen-bond donors (Lipinski definition) is 0.